The van der Waals surface area contributed by atoms with Crippen LogP contribution in [-0.2, 0) is 0 Å². The molecule has 0 bridgehead atoms. The summed E-state index contributed by atoms with van der Waals surface area (Å²) in [6, 6.07) is 0. The molecule has 1 unspecified atom stereocenters. The van der Waals surface area contributed by atoms with Crippen molar-refractivity contribution in [3.8, 4) is 0 Å². The van der Waals surface area contributed by atoms with Crippen molar-refractivity contribution in [2.75, 3.05) is 32.7 Å². The maximum atomic E-state index is 13.8. The van der Waals surface area contributed by atoms with E-state index in [0.29, 0.717) is 0 Å². The van der Waals surface area contributed by atoms with Gasteiger partial charge in [0.2, 0.25) is 0 Å². The molecule has 0 amide bonds. The van der Waals surface area contributed by atoms with Gasteiger partial charge in [-0.2, -0.15) is 0 Å². The molecule has 0 aromatic rings. The first-order chi connectivity index (χ1) is 7.66. The van der Waals surface area contributed by atoms with E-state index in [-0.39, 0.29) is 0 Å². The smallest absolute Gasteiger partial charge is 0.109 e. The van der Waals surface area contributed by atoms with E-state index in [1.807, 2.05) is 0 Å². The monoisotopic (exact) mass is 228 g/mol. The zero-order chi connectivity index (χ0) is 11.4. The summed E-state index contributed by atoms with van der Waals surface area (Å²) in [7, 11) is 0. The lowest BCUT2D eigenvalue weighted by molar-refractivity contribution is 0.155. The average molecular weight is 228 g/mol. The summed E-state index contributed by atoms with van der Waals surface area (Å²) in [5.74, 6) is 0.838. The fraction of sp³-hybridized carbons (Fsp3) is 1.00. The zero-order valence-corrected chi connectivity index (χ0v) is 10.5. The molecule has 2 aliphatic heterocycles. The van der Waals surface area contributed by atoms with Crippen LogP contribution < -0.4 is 5.32 Å². The molecule has 94 valence electrons. The number of hydrogen-bond donors (Lipinski definition) is 1. The van der Waals surface area contributed by atoms with E-state index < -0.39 is 5.67 Å². The van der Waals surface area contributed by atoms with E-state index in [2.05, 4.69) is 10.2 Å². The number of hydrogen-bond acceptors (Lipinski definition) is 2. The normalized spacial score (nSPS) is 34.9. The summed E-state index contributed by atoms with van der Waals surface area (Å²) >= 11 is 0. The van der Waals surface area contributed by atoms with Crippen molar-refractivity contribution in [1.82, 2.24) is 10.2 Å². The molecule has 1 atom stereocenters. The molecule has 0 spiro atoms. The van der Waals surface area contributed by atoms with Gasteiger partial charge in [-0.25, -0.2) is 4.39 Å². The van der Waals surface area contributed by atoms with E-state index in [1.165, 1.54) is 32.5 Å². The minimum atomic E-state index is -0.914. The summed E-state index contributed by atoms with van der Waals surface area (Å²) in [6.07, 6.45) is 5.08. The third kappa shape index (κ3) is 3.70. The second-order valence-electron chi connectivity index (χ2n) is 5.76. The highest BCUT2D eigenvalue weighted by atomic mass is 19.1. The van der Waals surface area contributed by atoms with Crippen molar-refractivity contribution in [3.63, 3.8) is 0 Å². The lowest BCUT2D eigenvalue weighted by Gasteiger charge is -2.29. The summed E-state index contributed by atoms with van der Waals surface area (Å²) in [5, 5.41) is 3.40. The Bertz CT molecular complexity index is 212. The van der Waals surface area contributed by atoms with Gasteiger partial charge in [0.15, 0.2) is 0 Å². The Morgan fingerprint density at radius 1 is 1.25 bits per heavy atom. The average Bonchev–Trinajstić information content (AvgIpc) is 2.42. The fourth-order valence-electron chi connectivity index (χ4n) is 2.91. The van der Waals surface area contributed by atoms with Crippen LogP contribution in [0.1, 0.15) is 39.0 Å². The summed E-state index contributed by atoms with van der Waals surface area (Å²) in [4.78, 5) is 2.49. The Hall–Kier alpha value is -0.150. The molecule has 0 radical (unpaired) electrons. The lowest BCUT2D eigenvalue weighted by Crippen LogP contribution is -2.37. The Balaban J connectivity index is 1.76. The maximum absolute atomic E-state index is 13.8. The van der Waals surface area contributed by atoms with Gasteiger partial charge in [-0.05, 0) is 64.6 Å². The van der Waals surface area contributed by atoms with Gasteiger partial charge < -0.3 is 10.2 Å². The Kier molecular flexibility index (Phi) is 4.20. The third-order valence-corrected chi connectivity index (χ3v) is 4.10. The van der Waals surface area contributed by atoms with Crippen LogP contribution in [0.15, 0.2) is 0 Å². The van der Waals surface area contributed by atoms with Gasteiger partial charge in [0, 0.05) is 13.1 Å². The largest absolute Gasteiger partial charge is 0.317 e. The van der Waals surface area contributed by atoms with Crippen molar-refractivity contribution >= 4 is 0 Å². The minimum absolute atomic E-state index is 0.720. The van der Waals surface area contributed by atoms with Crippen molar-refractivity contribution in [1.29, 1.82) is 0 Å². The Morgan fingerprint density at radius 2 is 2.00 bits per heavy atom. The van der Waals surface area contributed by atoms with E-state index in [0.717, 1.165) is 38.3 Å². The highest BCUT2D eigenvalue weighted by Gasteiger charge is 2.28. The standard InChI is InChI=1S/C13H25FN2/c1-13(14)5-2-9-16(10-6-13)11-12-3-7-15-8-4-12/h12,15H,2-11H2,1H3. The molecule has 2 rings (SSSR count). The van der Waals surface area contributed by atoms with Gasteiger partial charge >= 0.3 is 0 Å². The topological polar surface area (TPSA) is 15.3 Å². The third-order valence-electron chi connectivity index (χ3n) is 4.10. The number of likely N-dealkylation sites (tertiary alicyclic amines) is 1. The molecule has 0 aliphatic carbocycles. The first-order valence-electron chi connectivity index (χ1n) is 6.78. The van der Waals surface area contributed by atoms with E-state index in [4.69, 9.17) is 0 Å². The van der Waals surface area contributed by atoms with Crippen LogP contribution in [0.5, 0.6) is 0 Å². The summed E-state index contributed by atoms with van der Waals surface area (Å²) in [5.41, 5.74) is -0.914. The fourth-order valence-corrected chi connectivity index (χ4v) is 2.91. The minimum Gasteiger partial charge on any atom is -0.317 e. The number of halogens is 1. The van der Waals surface area contributed by atoms with Gasteiger partial charge in [-0.3, -0.25) is 0 Å². The van der Waals surface area contributed by atoms with Crippen LogP contribution in [0, 0.1) is 5.92 Å². The van der Waals surface area contributed by atoms with Gasteiger partial charge in [-0.15, -0.1) is 0 Å². The van der Waals surface area contributed by atoms with E-state index in [1.54, 1.807) is 6.92 Å². The molecule has 2 nitrogen and oxygen atoms in total. The maximum Gasteiger partial charge on any atom is 0.109 e. The van der Waals surface area contributed by atoms with Gasteiger partial charge in [-0.1, -0.05) is 0 Å². The molecule has 0 saturated carbocycles. The number of rotatable bonds is 2. The molecule has 2 aliphatic rings. The quantitative estimate of drug-likeness (QED) is 0.779. The van der Waals surface area contributed by atoms with Crippen LogP contribution in [0.3, 0.4) is 0 Å². The van der Waals surface area contributed by atoms with Gasteiger partial charge in [0.25, 0.3) is 0 Å². The predicted molar refractivity (Wildman–Crippen MR) is 65.4 cm³/mol. The van der Waals surface area contributed by atoms with Crippen LogP contribution in [0.2, 0.25) is 0 Å². The van der Waals surface area contributed by atoms with E-state index in [9.17, 15) is 4.39 Å². The molecule has 2 heterocycles. The van der Waals surface area contributed by atoms with Crippen LogP contribution in [0.4, 0.5) is 4.39 Å². The first-order valence-corrected chi connectivity index (χ1v) is 6.78. The zero-order valence-electron chi connectivity index (χ0n) is 10.5. The number of nitrogens with one attached hydrogen (secondary N) is 1. The van der Waals surface area contributed by atoms with Gasteiger partial charge in [0.1, 0.15) is 5.67 Å². The lowest BCUT2D eigenvalue weighted by atomic mass is 9.97. The van der Waals surface area contributed by atoms with Crippen molar-refractivity contribution in [2.24, 2.45) is 5.92 Å². The molecule has 0 aromatic carbocycles. The van der Waals surface area contributed by atoms with Crippen molar-refractivity contribution in [2.45, 2.75) is 44.7 Å². The molecular formula is C13H25FN2. The summed E-state index contributed by atoms with van der Waals surface area (Å²) in [6.45, 7) is 7.35. The SMILES string of the molecule is CC1(F)CCCN(CC2CCNCC2)CC1. The van der Waals surface area contributed by atoms with Crippen molar-refractivity contribution < 1.29 is 4.39 Å². The van der Waals surface area contributed by atoms with Crippen LogP contribution in [0.25, 0.3) is 0 Å². The Labute approximate surface area is 98.6 Å². The number of nitrogens with zero attached hydrogens (tertiary/aromatic N) is 1. The second kappa shape index (κ2) is 5.46. The molecule has 2 saturated heterocycles. The van der Waals surface area contributed by atoms with Gasteiger partial charge in [0.05, 0.1) is 0 Å². The highest BCUT2D eigenvalue weighted by Crippen LogP contribution is 2.26. The molecule has 16 heavy (non-hydrogen) atoms. The second-order valence-corrected chi connectivity index (χ2v) is 5.76. The number of alkyl halides is 1. The predicted octanol–water partition coefficient (Wildman–Crippen LogP) is 2.20. The molecule has 1 N–H and O–H groups in total. The van der Waals surface area contributed by atoms with Crippen LogP contribution >= 0.6 is 0 Å². The van der Waals surface area contributed by atoms with Crippen molar-refractivity contribution in [3.05, 3.63) is 0 Å². The highest BCUT2D eigenvalue weighted by molar-refractivity contribution is 4.81. The summed E-state index contributed by atoms with van der Waals surface area (Å²) < 4.78 is 13.8. The molecular weight excluding hydrogens is 203 g/mol. The molecule has 2 fully saturated rings. The first kappa shape index (κ1) is 12.3. The molecule has 0 aromatic heterocycles. The number of piperidine rings is 1. The van der Waals surface area contributed by atoms with E-state index >= 15 is 0 Å². The molecule has 3 heteroatoms. The van der Waals surface area contributed by atoms with Crippen LogP contribution in [-0.4, -0.2) is 43.3 Å². The Morgan fingerprint density at radius 3 is 2.75 bits per heavy atom.